The van der Waals surface area contributed by atoms with Gasteiger partial charge in [0.25, 0.3) is 0 Å². The molecule has 0 N–H and O–H groups in total. The van der Waals surface area contributed by atoms with Gasteiger partial charge in [-0.05, 0) is 115 Å². The van der Waals surface area contributed by atoms with E-state index >= 15 is 0 Å². The summed E-state index contributed by atoms with van der Waals surface area (Å²) in [5.74, 6) is 1.79. The van der Waals surface area contributed by atoms with Gasteiger partial charge in [-0.1, -0.05) is 200 Å². The lowest BCUT2D eigenvalue weighted by molar-refractivity contribution is 0.403. The van der Waals surface area contributed by atoms with Gasteiger partial charge in [0, 0.05) is 6.42 Å². The van der Waals surface area contributed by atoms with Crippen LogP contribution in [0.2, 0.25) is 0 Å². The number of rotatable bonds is 13. The molecule has 2 heteroatoms. The average Bonchev–Trinajstić information content (AvgIpc) is 3.31. The number of aryl methyl sites for hydroxylation is 1. The number of hydrogen-bond acceptors (Lipinski definition) is 2. The summed E-state index contributed by atoms with van der Waals surface area (Å²) in [4.78, 5) is 0. The van der Waals surface area contributed by atoms with Crippen molar-refractivity contribution in [1.29, 1.82) is 0 Å². The summed E-state index contributed by atoms with van der Waals surface area (Å²) in [6.45, 7) is 2.08. The lowest BCUT2D eigenvalue weighted by atomic mass is 9.94. The van der Waals surface area contributed by atoms with Gasteiger partial charge < -0.3 is 9.47 Å². The summed E-state index contributed by atoms with van der Waals surface area (Å²) in [6.07, 6.45) is 9.62. The van der Waals surface area contributed by atoms with Crippen molar-refractivity contribution >= 4 is 35.5 Å². The molecule has 0 bridgehead atoms. The number of benzene rings is 8. The van der Waals surface area contributed by atoms with E-state index in [1.165, 1.54) is 44.5 Å². The maximum Gasteiger partial charge on any atom is 0.125 e. The monoisotopic (exact) mass is 776 g/mol. The van der Waals surface area contributed by atoms with Crippen LogP contribution in [0.3, 0.4) is 0 Å². The van der Waals surface area contributed by atoms with Crippen molar-refractivity contribution in [3.05, 3.63) is 261 Å². The number of para-hydroxylation sites is 1. The highest BCUT2D eigenvalue weighted by Gasteiger charge is 2.12. The lowest BCUT2D eigenvalue weighted by Gasteiger charge is -2.14. The standard InChI is InChI=1S/C58H48O2/c1-42-14-13-21-53(58(42)60-3)41-54-38-44(30-37-57(54)59-2)23-22-43-24-35-52(36-25-43)56(51-19-11-6-12-20-51)40-46-28-33-48(34-29-46)47-31-26-45(27-32-47)39-55(49-15-7-4-8-16-49)50-17-9-5-10-18-50/h4-40H,41H2,1-3H3/b23-22+,56-40-. The van der Waals surface area contributed by atoms with Crippen molar-refractivity contribution in [2.24, 2.45) is 0 Å². The van der Waals surface area contributed by atoms with Crippen LogP contribution in [0.4, 0.5) is 0 Å². The van der Waals surface area contributed by atoms with E-state index in [-0.39, 0.29) is 0 Å². The van der Waals surface area contributed by atoms with E-state index in [9.17, 15) is 0 Å². The Morgan fingerprint density at radius 1 is 0.400 bits per heavy atom. The molecule has 2 nitrogen and oxygen atoms in total. The van der Waals surface area contributed by atoms with Crippen LogP contribution in [-0.2, 0) is 6.42 Å². The number of methoxy groups -OCH3 is 2. The lowest BCUT2D eigenvalue weighted by Crippen LogP contribution is -1.98. The van der Waals surface area contributed by atoms with Crippen molar-refractivity contribution in [3.63, 3.8) is 0 Å². The predicted octanol–water partition coefficient (Wildman–Crippen LogP) is 14.6. The molecule has 8 rings (SSSR count). The molecule has 0 aliphatic carbocycles. The van der Waals surface area contributed by atoms with Crippen molar-refractivity contribution in [2.45, 2.75) is 13.3 Å². The summed E-state index contributed by atoms with van der Waals surface area (Å²) in [6, 6.07) is 71.0. The SMILES string of the molecule is COc1ccc(/C=C/c2ccc(/C(=C\c3ccc(-c4ccc(C=C(c5ccccc5)c5ccccc5)cc4)cc3)c3ccccc3)cc2)cc1Cc1cccc(C)c1OC. The Bertz CT molecular complexity index is 2700. The zero-order chi connectivity index (χ0) is 41.1. The molecule has 0 fully saturated rings. The van der Waals surface area contributed by atoms with Crippen LogP contribution in [0, 0.1) is 6.92 Å². The molecule has 0 spiro atoms. The molecule has 0 radical (unpaired) electrons. The highest BCUT2D eigenvalue weighted by molar-refractivity contribution is 5.93. The van der Waals surface area contributed by atoms with Crippen LogP contribution in [0.1, 0.15) is 61.2 Å². The second-order valence-electron chi connectivity index (χ2n) is 14.9. The molecule has 60 heavy (non-hydrogen) atoms. The van der Waals surface area contributed by atoms with Gasteiger partial charge in [0.1, 0.15) is 11.5 Å². The van der Waals surface area contributed by atoms with Crippen molar-refractivity contribution in [2.75, 3.05) is 14.2 Å². The molecule has 292 valence electrons. The van der Waals surface area contributed by atoms with Crippen molar-refractivity contribution < 1.29 is 9.47 Å². The van der Waals surface area contributed by atoms with Crippen LogP contribution in [0.25, 0.3) is 46.6 Å². The Labute approximate surface area is 355 Å². The van der Waals surface area contributed by atoms with E-state index in [0.29, 0.717) is 0 Å². The minimum Gasteiger partial charge on any atom is -0.496 e. The molecule has 0 saturated carbocycles. The molecule has 0 aliphatic rings. The first-order valence-electron chi connectivity index (χ1n) is 20.4. The molecule has 0 atom stereocenters. The zero-order valence-electron chi connectivity index (χ0n) is 34.4. The molecule has 8 aromatic carbocycles. The summed E-state index contributed by atoms with van der Waals surface area (Å²) < 4.78 is 11.5. The minimum absolute atomic E-state index is 0.721. The van der Waals surface area contributed by atoms with Gasteiger partial charge in [-0.15, -0.1) is 0 Å². The van der Waals surface area contributed by atoms with Crippen molar-refractivity contribution in [1.82, 2.24) is 0 Å². The molecule has 0 saturated heterocycles. The van der Waals surface area contributed by atoms with E-state index in [1.807, 2.05) is 6.07 Å². The Morgan fingerprint density at radius 2 is 0.850 bits per heavy atom. The number of ether oxygens (including phenoxy) is 2. The van der Waals surface area contributed by atoms with E-state index in [4.69, 9.17) is 9.47 Å². The third-order valence-electron chi connectivity index (χ3n) is 10.9. The molecular weight excluding hydrogens is 729 g/mol. The highest BCUT2D eigenvalue weighted by Crippen LogP contribution is 2.32. The maximum absolute atomic E-state index is 5.75. The Hall–Kier alpha value is -7.42. The van der Waals surface area contributed by atoms with Crippen LogP contribution >= 0.6 is 0 Å². The molecular formula is C58H48O2. The highest BCUT2D eigenvalue weighted by atomic mass is 16.5. The third kappa shape index (κ3) is 9.47. The van der Waals surface area contributed by atoms with Gasteiger partial charge in [0.2, 0.25) is 0 Å². The van der Waals surface area contributed by atoms with Crippen LogP contribution < -0.4 is 9.47 Å². The molecule has 8 aromatic rings. The van der Waals surface area contributed by atoms with E-state index < -0.39 is 0 Å². The van der Waals surface area contributed by atoms with Gasteiger partial charge in [0.05, 0.1) is 14.2 Å². The fraction of sp³-hybridized carbons (Fsp3) is 0.0690. The first-order valence-corrected chi connectivity index (χ1v) is 20.4. The summed E-state index contributed by atoms with van der Waals surface area (Å²) in [5, 5.41) is 0. The van der Waals surface area contributed by atoms with Crippen molar-refractivity contribution in [3.8, 4) is 22.6 Å². The zero-order valence-corrected chi connectivity index (χ0v) is 34.4. The minimum atomic E-state index is 0.721. The molecule has 0 heterocycles. The summed E-state index contributed by atoms with van der Waals surface area (Å²) in [5.41, 5.74) is 17.4. The van der Waals surface area contributed by atoms with Gasteiger partial charge in [-0.3, -0.25) is 0 Å². The fourth-order valence-corrected chi connectivity index (χ4v) is 7.75. The second-order valence-corrected chi connectivity index (χ2v) is 14.9. The van der Waals surface area contributed by atoms with E-state index in [2.05, 4.69) is 225 Å². The van der Waals surface area contributed by atoms with E-state index in [0.717, 1.165) is 56.9 Å². The first-order chi connectivity index (χ1) is 29.5. The van der Waals surface area contributed by atoms with Gasteiger partial charge in [-0.25, -0.2) is 0 Å². The summed E-state index contributed by atoms with van der Waals surface area (Å²) in [7, 11) is 3.46. The quantitative estimate of drug-likeness (QED) is 0.109. The fourth-order valence-electron chi connectivity index (χ4n) is 7.75. The molecule has 0 amide bonds. The van der Waals surface area contributed by atoms with Crippen LogP contribution in [0.15, 0.2) is 200 Å². The second kappa shape index (κ2) is 18.9. The maximum atomic E-state index is 5.75. The molecule has 0 aliphatic heterocycles. The normalized spacial score (nSPS) is 11.3. The van der Waals surface area contributed by atoms with Crippen LogP contribution in [-0.4, -0.2) is 14.2 Å². The van der Waals surface area contributed by atoms with E-state index in [1.54, 1.807) is 14.2 Å². The molecule has 0 unspecified atom stereocenters. The Morgan fingerprint density at radius 3 is 1.33 bits per heavy atom. The first kappa shape index (κ1) is 39.4. The predicted molar refractivity (Wildman–Crippen MR) is 254 cm³/mol. The smallest absolute Gasteiger partial charge is 0.125 e. The largest absolute Gasteiger partial charge is 0.496 e. The van der Waals surface area contributed by atoms with Gasteiger partial charge in [-0.2, -0.15) is 0 Å². The topological polar surface area (TPSA) is 18.5 Å². The van der Waals surface area contributed by atoms with Gasteiger partial charge in [0.15, 0.2) is 0 Å². The van der Waals surface area contributed by atoms with Crippen LogP contribution in [0.5, 0.6) is 11.5 Å². The van der Waals surface area contributed by atoms with Gasteiger partial charge >= 0.3 is 0 Å². The molecule has 0 aromatic heterocycles. The third-order valence-corrected chi connectivity index (χ3v) is 10.9. The number of hydrogen-bond donors (Lipinski definition) is 0. The Kier molecular flexibility index (Phi) is 12.4. The average molecular weight is 777 g/mol. The summed E-state index contributed by atoms with van der Waals surface area (Å²) >= 11 is 0. The Balaban J connectivity index is 1.01.